The van der Waals surface area contributed by atoms with Gasteiger partial charge in [0.2, 0.25) is 17.7 Å². The van der Waals surface area contributed by atoms with Crippen molar-refractivity contribution in [3.8, 4) is 17.1 Å². The molecule has 3 heterocycles. The van der Waals surface area contributed by atoms with Crippen molar-refractivity contribution < 1.29 is 14.3 Å². The molecule has 0 aliphatic carbocycles. The van der Waals surface area contributed by atoms with Gasteiger partial charge in [-0.05, 0) is 25.0 Å². The fraction of sp³-hybridized carbons (Fsp3) is 0.333. The first kappa shape index (κ1) is 23.9. The molecule has 0 radical (unpaired) electrons. The van der Waals surface area contributed by atoms with Crippen LogP contribution < -0.4 is 15.8 Å². The highest BCUT2D eigenvalue weighted by atomic mass is 16.5. The number of ether oxygens (including phenoxy) is 1. The molecule has 2 amide bonds. The van der Waals surface area contributed by atoms with Gasteiger partial charge in [0.1, 0.15) is 25.0 Å². The Balaban J connectivity index is 1.54. The van der Waals surface area contributed by atoms with Crippen LogP contribution in [0.25, 0.3) is 22.2 Å². The van der Waals surface area contributed by atoms with E-state index in [1.54, 1.807) is 17.9 Å². The summed E-state index contributed by atoms with van der Waals surface area (Å²) in [5, 5.41) is 11.5. The van der Waals surface area contributed by atoms with Crippen LogP contribution in [0.4, 0.5) is 0 Å². The molecule has 11 nitrogen and oxygen atoms in total. The summed E-state index contributed by atoms with van der Waals surface area (Å²) in [6, 6.07) is 9.46. The average molecular weight is 477 g/mol. The standard InChI is InChI=1S/C24H28N8O3/c1-35-24-17(11-16-7-5-6-8-18(16)31-24)20-12-26-23(30-20)19(9-3-2-4-10-21(25)33)29-22(34)13-32-14-27-28-15-32/h5-8,11-12,14-15,19H,2-4,9-10,13H2,1H3,(H2,25,33)(H,26,30)(H,29,34)/t19-/m0/s1. The zero-order valence-electron chi connectivity index (χ0n) is 19.5. The zero-order valence-corrected chi connectivity index (χ0v) is 19.5. The molecule has 0 bridgehead atoms. The minimum Gasteiger partial charge on any atom is -0.480 e. The number of unbranched alkanes of at least 4 members (excludes halogenated alkanes) is 2. The highest BCUT2D eigenvalue weighted by Crippen LogP contribution is 2.31. The summed E-state index contributed by atoms with van der Waals surface area (Å²) >= 11 is 0. The third-order valence-corrected chi connectivity index (χ3v) is 5.64. The number of pyridine rings is 1. The maximum Gasteiger partial charge on any atom is 0.240 e. The number of hydrogen-bond donors (Lipinski definition) is 3. The predicted octanol–water partition coefficient (Wildman–Crippen LogP) is 2.52. The van der Waals surface area contributed by atoms with Crippen LogP contribution in [-0.2, 0) is 16.1 Å². The molecule has 1 atom stereocenters. The summed E-state index contributed by atoms with van der Waals surface area (Å²) in [6.07, 6.45) is 8.01. The van der Waals surface area contributed by atoms with Crippen LogP contribution in [0, 0.1) is 0 Å². The minimum atomic E-state index is -0.347. The molecule has 0 aliphatic rings. The Hall–Kier alpha value is -4.28. The summed E-state index contributed by atoms with van der Waals surface area (Å²) in [4.78, 5) is 36.2. The minimum absolute atomic E-state index is 0.0984. The molecule has 0 aliphatic heterocycles. The van der Waals surface area contributed by atoms with Crippen LogP contribution in [0.5, 0.6) is 5.88 Å². The highest BCUT2D eigenvalue weighted by molar-refractivity contribution is 5.85. The van der Waals surface area contributed by atoms with E-state index in [2.05, 4.69) is 30.5 Å². The molecule has 35 heavy (non-hydrogen) atoms. The molecule has 0 saturated carbocycles. The smallest absolute Gasteiger partial charge is 0.240 e. The number of nitrogens with two attached hydrogens (primary N) is 1. The van der Waals surface area contributed by atoms with E-state index in [1.807, 2.05) is 30.3 Å². The SMILES string of the molecule is COc1nc2ccccc2cc1-c1cnc([C@H](CCCCCC(N)=O)NC(=O)Cn2cnnc2)[nH]1. The van der Waals surface area contributed by atoms with Gasteiger partial charge >= 0.3 is 0 Å². The largest absolute Gasteiger partial charge is 0.480 e. The Labute approximate surface area is 202 Å². The molecule has 4 aromatic rings. The number of rotatable bonds is 12. The van der Waals surface area contributed by atoms with E-state index in [1.165, 1.54) is 12.7 Å². The van der Waals surface area contributed by atoms with Gasteiger partial charge < -0.3 is 25.3 Å². The zero-order chi connectivity index (χ0) is 24.6. The number of aromatic nitrogens is 6. The van der Waals surface area contributed by atoms with Gasteiger partial charge in [-0.1, -0.05) is 31.0 Å². The van der Waals surface area contributed by atoms with E-state index in [9.17, 15) is 9.59 Å². The van der Waals surface area contributed by atoms with Gasteiger partial charge in [-0.3, -0.25) is 9.59 Å². The number of aromatic amines is 1. The van der Waals surface area contributed by atoms with Crippen LogP contribution in [-0.4, -0.2) is 48.6 Å². The van der Waals surface area contributed by atoms with Gasteiger partial charge in [0.25, 0.3) is 0 Å². The predicted molar refractivity (Wildman–Crippen MR) is 129 cm³/mol. The summed E-state index contributed by atoms with van der Waals surface area (Å²) in [5.41, 5.74) is 7.59. The molecule has 3 aromatic heterocycles. The molecule has 1 aromatic carbocycles. The van der Waals surface area contributed by atoms with Crippen LogP contribution in [0.2, 0.25) is 0 Å². The summed E-state index contributed by atoms with van der Waals surface area (Å²) < 4.78 is 7.13. The van der Waals surface area contributed by atoms with Crippen molar-refractivity contribution in [3.63, 3.8) is 0 Å². The van der Waals surface area contributed by atoms with Crippen LogP contribution >= 0.6 is 0 Å². The number of fused-ring (bicyclic) bond motifs is 1. The second-order valence-electron chi connectivity index (χ2n) is 8.24. The fourth-order valence-corrected chi connectivity index (χ4v) is 3.91. The number of carbonyl (C=O) groups is 2. The molecule has 0 spiro atoms. The first-order valence-corrected chi connectivity index (χ1v) is 11.4. The van der Waals surface area contributed by atoms with Crippen molar-refractivity contribution in [3.05, 3.63) is 55.0 Å². The van der Waals surface area contributed by atoms with E-state index in [-0.39, 0.29) is 24.4 Å². The number of carbonyl (C=O) groups excluding carboxylic acids is 2. The van der Waals surface area contributed by atoms with Gasteiger partial charge in [0.15, 0.2) is 0 Å². The van der Waals surface area contributed by atoms with E-state index in [0.29, 0.717) is 31.0 Å². The maximum absolute atomic E-state index is 12.7. The lowest BCUT2D eigenvalue weighted by Gasteiger charge is -2.17. The van der Waals surface area contributed by atoms with E-state index < -0.39 is 0 Å². The molecule has 0 saturated heterocycles. The first-order chi connectivity index (χ1) is 17.0. The highest BCUT2D eigenvalue weighted by Gasteiger charge is 2.20. The topological polar surface area (TPSA) is 154 Å². The van der Waals surface area contributed by atoms with Crippen molar-refractivity contribution >= 4 is 22.7 Å². The van der Waals surface area contributed by atoms with Gasteiger partial charge in [-0.15, -0.1) is 10.2 Å². The van der Waals surface area contributed by atoms with Crippen molar-refractivity contribution in [2.45, 2.75) is 44.7 Å². The molecule has 0 fully saturated rings. The van der Waals surface area contributed by atoms with E-state index in [0.717, 1.165) is 35.0 Å². The molecule has 182 valence electrons. The summed E-state index contributed by atoms with van der Waals surface area (Å²) in [6.45, 7) is 0.0984. The maximum atomic E-state index is 12.7. The Morgan fingerprint density at radius 1 is 1.17 bits per heavy atom. The van der Waals surface area contributed by atoms with Gasteiger partial charge in [0.05, 0.1) is 36.1 Å². The number of para-hydroxylation sites is 1. The molecule has 4 rings (SSSR count). The summed E-state index contributed by atoms with van der Waals surface area (Å²) in [5.74, 6) is 0.619. The van der Waals surface area contributed by atoms with E-state index in [4.69, 9.17) is 10.5 Å². The number of benzene rings is 1. The second kappa shape index (κ2) is 11.2. The summed E-state index contributed by atoms with van der Waals surface area (Å²) in [7, 11) is 1.58. The molecule has 0 unspecified atom stereocenters. The van der Waals surface area contributed by atoms with Crippen LogP contribution in [0.1, 0.15) is 44.0 Å². The monoisotopic (exact) mass is 476 g/mol. The van der Waals surface area contributed by atoms with Crippen LogP contribution in [0.15, 0.2) is 49.2 Å². The number of H-pyrrole nitrogens is 1. The van der Waals surface area contributed by atoms with Crippen molar-refractivity contribution in [2.24, 2.45) is 5.73 Å². The lowest BCUT2D eigenvalue weighted by atomic mass is 10.1. The van der Waals surface area contributed by atoms with Crippen molar-refractivity contribution in [2.75, 3.05) is 7.11 Å². The second-order valence-corrected chi connectivity index (χ2v) is 8.24. The molecular formula is C24H28N8O3. The lowest BCUT2D eigenvalue weighted by molar-refractivity contribution is -0.122. The molecule has 4 N–H and O–H groups in total. The Morgan fingerprint density at radius 2 is 1.97 bits per heavy atom. The molecular weight excluding hydrogens is 448 g/mol. The fourth-order valence-electron chi connectivity index (χ4n) is 3.91. The normalized spacial score (nSPS) is 11.9. The van der Waals surface area contributed by atoms with Gasteiger partial charge in [0, 0.05) is 11.8 Å². The third kappa shape index (κ3) is 6.19. The van der Waals surface area contributed by atoms with E-state index >= 15 is 0 Å². The third-order valence-electron chi connectivity index (χ3n) is 5.64. The number of nitrogens with one attached hydrogen (secondary N) is 2. The Morgan fingerprint density at radius 3 is 2.74 bits per heavy atom. The quantitative estimate of drug-likeness (QED) is 0.265. The van der Waals surface area contributed by atoms with Crippen molar-refractivity contribution in [1.29, 1.82) is 0 Å². The number of primary amides is 1. The van der Waals surface area contributed by atoms with Gasteiger partial charge in [-0.2, -0.15) is 0 Å². The number of nitrogens with zero attached hydrogens (tertiary/aromatic N) is 5. The molecule has 11 heteroatoms. The Kier molecular flexibility index (Phi) is 7.66. The van der Waals surface area contributed by atoms with Crippen LogP contribution in [0.3, 0.4) is 0 Å². The number of imidazole rings is 1. The number of hydrogen-bond acceptors (Lipinski definition) is 7. The lowest BCUT2D eigenvalue weighted by Crippen LogP contribution is -2.32. The number of methoxy groups -OCH3 is 1. The first-order valence-electron chi connectivity index (χ1n) is 11.4. The average Bonchev–Trinajstić information content (AvgIpc) is 3.54. The van der Waals surface area contributed by atoms with Crippen molar-refractivity contribution in [1.82, 2.24) is 35.0 Å². The number of amides is 2. The van der Waals surface area contributed by atoms with Gasteiger partial charge in [-0.25, -0.2) is 9.97 Å². The Bertz CT molecular complexity index is 1290.